The second-order valence-corrected chi connectivity index (χ2v) is 7.75. The van der Waals surface area contributed by atoms with Gasteiger partial charge in [0.25, 0.3) is 0 Å². The lowest BCUT2D eigenvalue weighted by molar-refractivity contribution is -0.137. The van der Waals surface area contributed by atoms with E-state index in [1.54, 1.807) is 4.68 Å². The molecule has 2 atom stereocenters. The van der Waals surface area contributed by atoms with E-state index in [2.05, 4.69) is 64.7 Å². The van der Waals surface area contributed by atoms with Gasteiger partial charge >= 0.3 is 0 Å². The zero-order valence-electron chi connectivity index (χ0n) is 12.3. The Morgan fingerprint density at radius 1 is 1.33 bits per heavy atom. The Balaban J connectivity index is 2.22. The summed E-state index contributed by atoms with van der Waals surface area (Å²) in [6.07, 6.45) is 5.67. The van der Waals surface area contributed by atoms with Gasteiger partial charge in [0.05, 0.1) is 4.47 Å². The van der Waals surface area contributed by atoms with Crippen LogP contribution in [0.3, 0.4) is 0 Å². The summed E-state index contributed by atoms with van der Waals surface area (Å²) in [6, 6.07) is 0.0535. The highest BCUT2D eigenvalue weighted by molar-refractivity contribution is 9.14. The van der Waals surface area contributed by atoms with E-state index < -0.39 is 0 Å². The average Bonchev–Trinajstić information content (AvgIpc) is 2.68. The minimum absolute atomic E-state index is 0.159. The van der Waals surface area contributed by atoms with E-state index >= 15 is 0 Å². The van der Waals surface area contributed by atoms with Crippen molar-refractivity contribution in [1.82, 2.24) is 14.7 Å². The molecule has 118 valence electrons. The highest BCUT2D eigenvalue weighted by atomic mass is 79.9. The Morgan fingerprint density at radius 2 is 2.05 bits per heavy atom. The van der Waals surface area contributed by atoms with Gasteiger partial charge in [-0.05, 0) is 74.0 Å². The van der Waals surface area contributed by atoms with Crippen LogP contribution in [0.5, 0.6) is 0 Å². The maximum atomic E-state index is 12.9. The molecule has 0 saturated carbocycles. The Morgan fingerprint density at radius 3 is 2.62 bits per heavy atom. The van der Waals surface area contributed by atoms with Crippen LogP contribution in [-0.4, -0.2) is 33.2 Å². The van der Waals surface area contributed by atoms with Gasteiger partial charge in [0.15, 0.2) is 0 Å². The SMILES string of the molecule is CCC1CCCCCN1C(=O)C(C)n1nc(Br)c(Br)c1Br. The molecule has 2 rings (SSSR count). The van der Waals surface area contributed by atoms with Crippen molar-refractivity contribution in [3.8, 4) is 0 Å². The van der Waals surface area contributed by atoms with Gasteiger partial charge in [-0.15, -0.1) is 0 Å². The van der Waals surface area contributed by atoms with Gasteiger partial charge in [-0.1, -0.05) is 19.8 Å². The van der Waals surface area contributed by atoms with Gasteiger partial charge in [-0.25, -0.2) is 4.68 Å². The largest absolute Gasteiger partial charge is 0.338 e. The highest BCUT2D eigenvalue weighted by Crippen LogP contribution is 2.33. The molecule has 1 amide bonds. The van der Waals surface area contributed by atoms with Crippen LogP contribution in [0.2, 0.25) is 0 Å². The molecule has 0 N–H and O–H groups in total. The molecule has 0 spiro atoms. The molecule has 2 heterocycles. The lowest BCUT2D eigenvalue weighted by Gasteiger charge is -2.31. The number of carbonyl (C=O) groups is 1. The fourth-order valence-corrected chi connectivity index (χ4v) is 4.32. The van der Waals surface area contributed by atoms with Gasteiger partial charge in [-0.2, -0.15) is 5.10 Å². The summed E-state index contributed by atoms with van der Waals surface area (Å²) in [7, 11) is 0. The number of aromatic nitrogens is 2. The molecular weight excluding hydrogens is 466 g/mol. The number of carbonyl (C=O) groups excluding carboxylic acids is 1. The van der Waals surface area contributed by atoms with Gasteiger partial charge in [0, 0.05) is 12.6 Å². The smallest absolute Gasteiger partial charge is 0.247 e. The van der Waals surface area contributed by atoms with Crippen molar-refractivity contribution in [2.45, 2.75) is 58.0 Å². The third-order valence-electron chi connectivity index (χ3n) is 4.11. The molecule has 1 aliphatic rings. The Bertz CT molecular complexity index is 518. The maximum absolute atomic E-state index is 12.9. The van der Waals surface area contributed by atoms with Gasteiger partial charge in [0.1, 0.15) is 15.2 Å². The molecule has 1 saturated heterocycles. The van der Waals surface area contributed by atoms with Crippen LogP contribution in [0.15, 0.2) is 13.7 Å². The Labute approximate surface area is 151 Å². The lowest BCUT2D eigenvalue weighted by Crippen LogP contribution is -2.43. The number of hydrogen-bond donors (Lipinski definition) is 0. The minimum Gasteiger partial charge on any atom is -0.338 e. The number of likely N-dealkylation sites (tertiary alicyclic amines) is 1. The summed E-state index contributed by atoms with van der Waals surface area (Å²) >= 11 is 10.3. The average molecular weight is 486 g/mol. The van der Waals surface area contributed by atoms with E-state index in [1.807, 2.05) is 6.92 Å². The fourth-order valence-electron chi connectivity index (χ4n) is 2.86. The molecule has 4 nitrogen and oxygen atoms in total. The van der Waals surface area contributed by atoms with Crippen LogP contribution in [0, 0.1) is 0 Å². The Kier molecular flexibility index (Phi) is 6.32. The zero-order valence-corrected chi connectivity index (χ0v) is 17.0. The summed E-state index contributed by atoms with van der Waals surface area (Å²) in [6.45, 7) is 4.94. The summed E-state index contributed by atoms with van der Waals surface area (Å²) in [5.74, 6) is 0.159. The van der Waals surface area contributed by atoms with E-state index in [-0.39, 0.29) is 11.9 Å². The molecule has 1 fully saturated rings. The van der Waals surface area contributed by atoms with E-state index in [9.17, 15) is 4.79 Å². The predicted octanol–water partition coefficient (Wildman–Crippen LogP) is 4.91. The zero-order chi connectivity index (χ0) is 15.6. The molecule has 7 heteroatoms. The first-order valence-electron chi connectivity index (χ1n) is 7.36. The number of nitrogens with zero attached hydrogens (tertiary/aromatic N) is 3. The quantitative estimate of drug-likeness (QED) is 0.610. The van der Waals surface area contributed by atoms with Crippen molar-refractivity contribution in [2.75, 3.05) is 6.54 Å². The molecule has 0 radical (unpaired) electrons. The first-order chi connectivity index (χ1) is 9.97. The highest BCUT2D eigenvalue weighted by Gasteiger charge is 2.30. The topological polar surface area (TPSA) is 38.1 Å². The molecule has 0 aromatic carbocycles. The summed E-state index contributed by atoms with van der Waals surface area (Å²) in [5.41, 5.74) is 0. The number of halogens is 3. The molecule has 1 aromatic rings. The van der Waals surface area contributed by atoms with E-state index in [0.29, 0.717) is 10.6 Å². The van der Waals surface area contributed by atoms with Crippen molar-refractivity contribution in [2.24, 2.45) is 0 Å². The number of amides is 1. The molecule has 2 unspecified atom stereocenters. The van der Waals surface area contributed by atoms with Crippen molar-refractivity contribution < 1.29 is 4.79 Å². The van der Waals surface area contributed by atoms with Gasteiger partial charge in [0.2, 0.25) is 5.91 Å². The van der Waals surface area contributed by atoms with E-state index in [4.69, 9.17) is 0 Å². The van der Waals surface area contributed by atoms with Crippen molar-refractivity contribution >= 4 is 53.7 Å². The first-order valence-corrected chi connectivity index (χ1v) is 9.74. The molecule has 0 aliphatic carbocycles. The predicted molar refractivity (Wildman–Crippen MR) is 94.3 cm³/mol. The number of hydrogen-bond acceptors (Lipinski definition) is 2. The van der Waals surface area contributed by atoms with Crippen LogP contribution in [0.4, 0.5) is 0 Å². The van der Waals surface area contributed by atoms with E-state index in [1.165, 1.54) is 12.8 Å². The van der Waals surface area contributed by atoms with Gasteiger partial charge in [-0.3, -0.25) is 4.79 Å². The molecular formula is C14H20Br3N3O. The van der Waals surface area contributed by atoms with Crippen LogP contribution < -0.4 is 0 Å². The standard InChI is InChI=1S/C14H20Br3N3O/c1-3-10-7-5-4-6-8-19(10)14(21)9(2)20-13(17)11(15)12(16)18-20/h9-10H,3-8H2,1-2H3. The van der Waals surface area contributed by atoms with E-state index in [0.717, 1.165) is 34.9 Å². The van der Waals surface area contributed by atoms with Crippen molar-refractivity contribution in [3.05, 3.63) is 13.7 Å². The summed E-state index contributed by atoms with van der Waals surface area (Å²) in [5, 5.41) is 4.39. The summed E-state index contributed by atoms with van der Waals surface area (Å²) < 4.78 is 4.06. The molecule has 1 aliphatic heterocycles. The van der Waals surface area contributed by atoms with Crippen LogP contribution >= 0.6 is 47.8 Å². The third-order valence-corrected chi connectivity index (χ3v) is 7.24. The second-order valence-electron chi connectivity index (χ2n) is 5.46. The molecule has 1 aromatic heterocycles. The molecule has 21 heavy (non-hydrogen) atoms. The second kappa shape index (κ2) is 7.59. The van der Waals surface area contributed by atoms with Crippen molar-refractivity contribution in [3.63, 3.8) is 0 Å². The lowest BCUT2D eigenvalue weighted by atomic mass is 10.1. The fraction of sp³-hybridized carbons (Fsp3) is 0.714. The summed E-state index contributed by atoms with van der Waals surface area (Å²) in [4.78, 5) is 15.0. The maximum Gasteiger partial charge on any atom is 0.247 e. The number of rotatable bonds is 3. The van der Waals surface area contributed by atoms with Gasteiger partial charge < -0.3 is 4.90 Å². The van der Waals surface area contributed by atoms with Crippen LogP contribution in [0.25, 0.3) is 0 Å². The van der Waals surface area contributed by atoms with Crippen molar-refractivity contribution in [1.29, 1.82) is 0 Å². The first kappa shape index (κ1) is 17.5. The monoisotopic (exact) mass is 483 g/mol. The van der Waals surface area contributed by atoms with Crippen LogP contribution in [-0.2, 0) is 4.79 Å². The van der Waals surface area contributed by atoms with Crippen LogP contribution in [0.1, 0.15) is 52.0 Å². The third kappa shape index (κ3) is 3.72. The molecule has 0 bridgehead atoms. The Hall–Kier alpha value is 0.120. The normalized spacial score (nSPS) is 21.2. The minimum atomic E-state index is -0.311.